The van der Waals surface area contributed by atoms with Gasteiger partial charge in [-0.15, -0.1) is 11.8 Å². The fraction of sp³-hybridized carbons (Fsp3) is 0.424. The van der Waals surface area contributed by atoms with Crippen LogP contribution in [0.3, 0.4) is 0 Å². The number of methoxy groups -OCH3 is 1. The van der Waals surface area contributed by atoms with Crippen molar-refractivity contribution in [1.29, 1.82) is 0 Å². The number of ether oxygens (including phenoxy) is 1. The van der Waals surface area contributed by atoms with Crippen LogP contribution in [0.2, 0.25) is 0 Å². The van der Waals surface area contributed by atoms with Crippen molar-refractivity contribution in [2.24, 2.45) is 11.8 Å². The normalized spacial score (nSPS) is 30.2. The molecular weight excluding hydrogens is 550 g/mol. The second kappa shape index (κ2) is 11.3. The number of rotatable bonds is 8. The first-order valence-corrected chi connectivity index (χ1v) is 15.4. The molecule has 5 atom stereocenters. The van der Waals surface area contributed by atoms with E-state index in [-0.39, 0.29) is 24.3 Å². The zero-order chi connectivity index (χ0) is 29.5. The van der Waals surface area contributed by atoms with E-state index in [1.807, 2.05) is 79.7 Å². The summed E-state index contributed by atoms with van der Waals surface area (Å²) in [4.78, 5) is 48.8. The van der Waals surface area contributed by atoms with Gasteiger partial charge in [-0.05, 0) is 62.6 Å². The van der Waals surface area contributed by atoms with Crippen LogP contribution in [0.25, 0.3) is 0 Å². The van der Waals surface area contributed by atoms with E-state index in [0.29, 0.717) is 38.2 Å². The molecule has 0 aromatic heterocycles. The van der Waals surface area contributed by atoms with Crippen molar-refractivity contribution in [2.45, 2.75) is 41.7 Å². The predicted molar refractivity (Wildman–Crippen MR) is 165 cm³/mol. The van der Waals surface area contributed by atoms with Gasteiger partial charge in [0.15, 0.2) is 0 Å². The van der Waals surface area contributed by atoms with Crippen LogP contribution in [-0.4, -0.2) is 76.6 Å². The summed E-state index contributed by atoms with van der Waals surface area (Å²) in [5, 5.41) is 9.33. The largest absolute Gasteiger partial charge is 0.497 e. The first kappa shape index (κ1) is 28.6. The fourth-order valence-corrected chi connectivity index (χ4v) is 9.32. The molecule has 0 saturated carbocycles. The first-order valence-electron chi connectivity index (χ1n) is 14.6. The van der Waals surface area contributed by atoms with Crippen LogP contribution >= 0.6 is 11.8 Å². The summed E-state index contributed by atoms with van der Waals surface area (Å²) in [6.07, 6.45) is 10.2. The summed E-state index contributed by atoms with van der Waals surface area (Å²) in [7, 11) is 1.60. The Hall–Kier alpha value is -3.56. The number of carbonyl (C=O) groups excluding carboxylic acids is 3. The van der Waals surface area contributed by atoms with Crippen molar-refractivity contribution >= 4 is 40.9 Å². The molecule has 0 aliphatic carbocycles. The number of nitrogens with zero attached hydrogens (tertiary/aromatic N) is 3. The van der Waals surface area contributed by atoms with Crippen LogP contribution in [0, 0.1) is 11.8 Å². The van der Waals surface area contributed by atoms with Crippen LogP contribution in [0.15, 0.2) is 78.9 Å². The second-order valence-electron chi connectivity index (χ2n) is 11.5. The van der Waals surface area contributed by atoms with Gasteiger partial charge in [-0.2, -0.15) is 0 Å². The molecule has 220 valence electrons. The van der Waals surface area contributed by atoms with Crippen molar-refractivity contribution in [2.75, 3.05) is 43.2 Å². The smallest absolute Gasteiger partial charge is 0.251 e. The number of thioether (sulfide) groups is 1. The van der Waals surface area contributed by atoms with Gasteiger partial charge in [0.2, 0.25) is 11.8 Å². The summed E-state index contributed by atoms with van der Waals surface area (Å²) < 4.78 is 3.76. The maximum absolute atomic E-state index is 14.6. The number of benzene rings is 2. The lowest BCUT2D eigenvalue weighted by atomic mass is 9.74. The molecule has 42 heavy (non-hydrogen) atoms. The highest BCUT2D eigenvalue weighted by molar-refractivity contribution is 8.02. The Bertz CT molecular complexity index is 1410. The Balaban J connectivity index is 1.43. The van der Waals surface area contributed by atoms with E-state index in [9.17, 15) is 19.5 Å². The Morgan fingerprint density at radius 1 is 0.833 bits per heavy atom. The third-order valence-electron chi connectivity index (χ3n) is 9.07. The summed E-state index contributed by atoms with van der Waals surface area (Å²) >= 11 is 1.59. The van der Waals surface area contributed by atoms with E-state index in [1.54, 1.807) is 33.6 Å². The van der Waals surface area contributed by atoms with Crippen LogP contribution in [0.5, 0.6) is 5.75 Å². The minimum Gasteiger partial charge on any atom is -0.497 e. The number of para-hydroxylation sites is 1. The van der Waals surface area contributed by atoms with E-state index < -0.39 is 27.4 Å². The third kappa shape index (κ3) is 4.54. The van der Waals surface area contributed by atoms with Gasteiger partial charge in [0.1, 0.15) is 11.8 Å². The highest BCUT2D eigenvalue weighted by atomic mass is 32.2. The maximum atomic E-state index is 14.6. The zero-order valence-electron chi connectivity index (χ0n) is 24.0. The Labute approximate surface area is 251 Å². The highest BCUT2D eigenvalue weighted by Gasteiger charge is 2.73. The second-order valence-corrected chi connectivity index (χ2v) is 13.3. The van der Waals surface area contributed by atoms with E-state index in [0.717, 1.165) is 17.8 Å². The molecule has 0 bridgehead atoms. The predicted octanol–water partition coefficient (Wildman–Crippen LogP) is 4.05. The summed E-state index contributed by atoms with van der Waals surface area (Å²) in [5.41, 5.74) is 1.52. The Morgan fingerprint density at radius 3 is 2.19 bits per heavy atom. The zero-order valence-corrected chi connectivity index (χ0v) is 24.8. The Morgan fingerprint density at radius 2 is 1.50 bits per heavy atom. The molecule has 2 aromatic carbocycles. The Kier molecular flexibility index (Phi) is 7.66. The van der Waals surface area contributed by atoms with Gasteiger partial charge in [0.05, 0.1) is 23.7 Å². The van der Waals surface area contributed by atoms with Crippen molar-refractivity contribution in [3.8, 4) is 5.75 Å². The average molecular weight is 588 g/mol. The molecule has 1 spiro atoms. The van der Waals surface area contributed by atoms with Gasteiger partial charge in [0, 0.05) is 42.4 Å². The third-order valence-corrected chi connectivity index (χ3v) is 10.9. The minimum absolute atomic E-state index is 0.0866. The van der Waals surface area contributed by atoms with Gasteiger partial charge in [0.25, 0.3) is 5.91 Å². The van der Waals surface area contributed by atoms with Crippen molar-refractivity contribution in [3.05, 3.63) is 78.9 Å². The lowest BCUT2D eigenvalue weighted by molar-refractivity contribution is -0.139. The SMILES string of the molecule is COc1ccc(N2CC=C[C@]34S[C@]5(C)C=CCN(c6ccccc6)C(=O)[C@@H]5[C@H]3C(=O)N(CCCCCO)C4C2=O)cc1. The molecule has 2 aromatic rings. The summed E-state index contributed by atoms with van der Waals surface area (Å²) in [5.74, 6) is -1.00. The van der Waals surface area contributed by atoms with Gasteiger partial charge >= 0.3 is 0 Å². The number of unbranched alkanes of at least 4 members (excludes halogenated alkanes) is 2. The van der Waals surface area contributed by atoms with Crippen LogP contribution in [0.1, 0.15) is 26.2 Å². The number of anilines is 2. The fourth-order valence-electron chi connectivity index (χ4n) is 7.17. The van der Waals surface area contributed by atoms with Crippen LogP contribution < -0.4 is 14.5 Å². The lowest BCUT2D eigenvalue weighted by Gasteiger charge is -2.37. The van der Waals surface area contributed by atoms with Gasteiger partial charge < -0.3 is 24.5 Å². The quantitative estimate of drug-likeness (QED) is 0.370. The summed E-state index contributed by atoms with van der Waals surface area (Å²) in [6.45, 7) is 3.32. The average Bonchev–Trinajstić information content (AvgIpc) is 3.26. The summed E-state index contributed by atoms with van der Waals surface area (Å²) in [6, 6.07) is 16.2. The van der Waals surface area contributed by atoms with Crippen molar-refractivity contribution in [1.82, 2.24) is 4.90 Å². The minimum atomic E-state index is -0.897. The molecule has 2 saturated heterocycles. The molecule has 4 heterocycles. The van der Waals surface area contributed by atoms with E-state index in [2.05, 4.69) is 6.08 Å². The molecule has 1 unspecified atom stereocenters. The number of likely N-dealkylation sites (tertiary alicyclic amines) is 1. The number of aliphatic hydroxyl groups is 1. The van der Waals surface area contributed by atoms with Crippen LogP contribution in [-0.2, 0) is 14.4 Å². The number of fused-ring (bicyclic) bond motifs is 2. The topological polar surface area (TPSA) is 90.4 Å². The van der Waals surface area contributed by atoms with E-state index in [1.165, 1.54) is 0 Å². The van der Waals surface area contributed by atoms with Crippen LogP contribution in [0.4, 0.5) is 11.4 Å². The lowest BCUT2D eigenvalue weighted by Crippen LogP contribution is -2.53. The molecule has 6 rings (SSSR count). The number of amides is 3. The molecule has 8 nitrogen and oxygen atoms in total. The van der Waals surface area contributed by atoms with E-state index in [4.69, 9.17) is 4.74 Å². The first-order chi connectivity index (χ1) is 20.3. The molecule has 2 fully saturated rings. The maximum Gasteiger partial charge on any atom is 0.251 e. The molecule has 4 aliphatic heterocycles. The van der Waals surface area contributed by atoms with Crippen molar-refractivity contribution < 1.29 is 24.2 Å². The number of hydrogen-bond donors (Lipinski definition) is 1. The highest BCUT2D eigenvalue weighted by Crippen LogP contribution is 2.65. The van der Waals surface area contributed by atoms with E-state index >= 15 is 0 Å². The van der Waals surface area contributed by atoms with Gasteiger partial charge in [-0.25, -0.2) is 0 Å². The molecule has 0 radical (unpaired) electrons. The number of carbonyl (C=O) groups is 3. The molecular formula is C33H37N3O5S. The monoisotopic (exact) mass is 587 g/mol. The molecule has 9 heteroatoms. The number of aliphatic hydroxyl groups excluding tert-OH is 1. The molecule has 1 N–H and O–H groups in total. The van der Waals surface area contributed by atoms with Crippen molar-refractivity contribution in [3.63, 3.8) is 0 Å². The molecule has 4 aliphatic rings. The number of hydrogen-bond acceptors (Lipinski definition) is 6. The van der Waals surface area contributed by atoms with Gasteiger partial charge in [-0.1, -0.05) is 42.5 Å². The standard InChI is InChI=1S/C33H37N3O5S/c1-32-17-9-20-34(23-11-5-3-6-12-23)29(38)26(32)27-30(39)36(19-7-4-8-22-37)28-31(40)35(21-10-18-33(27,28)42-32)24-13-15-25(41-2)16-14-24/h3,5-6,9-18,26-28,37H,4,7-8,19-22H2,1-2H3/t26-,27-,28?,32+,33-/m0/s1. The van der Waals surface area contributed by atoms with Gasteiger partial charge in [-0.3, -0.25) is 14.4 Å². The molecule has 3 amide bonds.